The van der Waals surface area contributed by atoms with Crippen molar-refractivity contribution >= 4 is 5.97 Å². The van der Waals surface area contributed by atoms with Crippen molar-refractivity contribution < 1.29 is 28.5 Å². The number of benzene rings is 3. The van der Waals surface area contributed by atoms with Gasteiger partial charge in [-0.2, -0.15) is 0 Å². The van der Waals surface area contributed by atoms with Crippen molar-refractivity contribution in [1.82, 2.24) is 0 Å². The first kappa shape index (κ1) is 24.6. The highest BCUT2D eigenvalue weighted by atomic mass is 16.5. The molecule has 1 aliphatic rings. The van der Waals surface area contributed by atoms with E-state index in [2.05, 4.69) is 6.92 Å². The van der Waals surface area contributed by atoms with Crippen LogP contribution >= 0.6 is 0 Å². The van der Waals surface area contributed by atoms with Crippen LogP contribution in [0, 0.1) is 17.8 Å². The van der Waals surface area contributed by atoms with Crippen LogP contribution in [-0.4, -0.2) is 41.0 Å². The molecule has 0 saturated heterocycles. The van der Waals surface area contributed by atoms with Crippen molar-refractivity contribution in [2.75, 3.05) is 35.0 Å². The second kappa shape index (κ2) is 10.4. The SMILES string of the molecule is COC(=O)C1C(C)C1COC(c1ccc(OC)cc1)(c1ccc(OC)cc1)c1ccc(OC)cc1. The minimum absolute atomic E-state index is 0.0802. The van der Waals surface area contributed by atoms with Gasteiger partial charge in [0.1, 0.15) is 22.8 Å². The number of hydrogen-bond donors (Lipinski definition) is 0. The topological polar surface area (TPSA) is 63.2 Å². The molecule has 4 rings (SSSR count). The number of carbonyl (C=O) groups excluding carboxylic acids is 1. The Morgan fingerprint density at radius 3 is 1.37 bits per heavy atom. The maximum atomic E-state index is 12.2. The highest BCUT2D eigenvalue weighted by molar-refractivity contribution is 5.76. The minimum Gasteiger partial charge on any atom is -0.497 e. The summed E-state index contributed by atoms with van der Waals surface area (Å²) in [6.07, 6.45) is 0. The zero-order valence-electron chi connectivity index (χ0n) is 20.8. The van der Waals surface area contributed by atoms with Crippen molar-refractivity contribution in [1.29, 1.82) is 0 Å². The van der Waals surface area contributed by atoms with Crippen molar-refractivity contribution in [3.8, 4) is 17.2 Å². The first-order valence-corrected chi connectivity index (χ1v) is 11.6. The summed E-state index contributed by atoms with van der Waals surface area (Å²) >= 11 is 0. The summed E-state index contributed by atoms with van der Waals surface area (Å²) in [5.41, 5.74) is 1.89. The number of ether oxygens (including phenoxy) is 5. The van der Waals surface area contributed by atoms with Crippen LogP contribution in [0.5, 0.6) is 17.2 Å². The molecule has 184 valence electrons. The van der Waals surface area contributed by atoms with Crippen LogP contribution in [0.15, 0.2) is 72.8 Å². The molecule has 0 aromatic heterocycles. The number of methoxy groups -OCH3 is 4. The van der Waals surface area contributed by atoms with Crippen molar-refractivity contribution in [3.05, 3.63) is 89.5 Å². The summed E-state index contributed by atoms with van der Waals surface area (Å²) in [5, 5.41) is 0. The molecule has 3 aromatic carbocycles. The van der Waals surface area contributed by atoms with Gasteiger partial charge in [-0.05, 0) is 64.9 Å². The van der Waals surface area contributed by atoms with Crippen LogP contribution in [0.1, 0.15) is 23.6 Å². The Bertz CT molecular complexity index is 1010. The fourth-order valence-corrected chi connectivity index (χ4v) is 4.77. The first-order valence-electron chi connectivity index (χ1n) is 11.6. The highest BCUT2D eigenvalue weighted by Crippen LogP contribution is 2.50. The van der Waals surface area contributed by atoms with E-state index < -0.39 is 5.60 Å². The van der Waals surface area contributed by atoms with E-state index in [1.54, 1.807) is 21.3 Å². The standard InChI is InChI=1S/C29H32O6/c1-19-26(27(19)28(30)34-5)18-35-29(20-6-12-23(31-2)13-7-20,21-8-14-24(32-3)15-9-21)22-10-16-25(33-4)17-11-22/h6-17,19,26-27H,18H2,1-5H3. The zero-order chi connectivity index (χ0) is 25.0. The number of esters is 1. The molecule has 0 amide bonds. The molecule has 1 saturated carbocycles. The molecule has 6 heteroatoms. The van der Waals surface area contributed by atoms with Gasteiger partial charge in [0.15, 0.2) is 0 Å². The van der Waals surface area contributed by atoms with E-state index in [-0.39, 0.29) is 23.7 Å². The van der Waals surface area contributed by atoms with Crippen LogP contribution in [0.2, 0.25) is 0 Å². The van der Waals surface area contributed by atoms with Gasteiger partial charge in [0, 0.05) is 0 Å². The van der Waals surface area contributed by atoms with Gasteiger partial charge in [0.25, 0.3) is 0 Å². The molecule has 1 aliphatic carbocycles. The van der Waals surface area contributed by atoms with Crippen molar-refractivity contribution in [2.24, 2.45) is 17.8 Å². The molecule has 0 bridgehead atoms. The fourth-order valence-electron chi connectivity index (χ4n) is 4.77. The van der Waals surface area contributed by atoms with E-state index in [0.29, 0.717) is 6.61 Å². The zero-order valence-corrected chi connectivity index (χ0v) is 20.8. The monoisotopic (exact) mass is 476 g/mol. The highest BCUT2D eigenvalue weighted by Gasteiger charge is 2.54. The Morgan fingerprint density at radius 2 is 1.06 bits per heavy atom. The van der Waals surface area contributed by atoms with Crippen LogP contribution in [0.25, 0.3) is 0 Å². The van der Waals surface area contributed by atoms with E-state index in [1.807, 2.05) is 72.8 Å². The lowest BCUT2D eigenvalue weighted by Gasteiger charge is -2.36. The predicted octanol–water partition coefficient (Wildman–Crippen LogP) is 5.08. The average molecular weight is 477 g/mol. The van der Waals surface area contributed by atoms with Gasteiger partial charge in [0.2, 0.25) is 0 Å². The lowest BCUT2D eigenvalue weighted by atomic mass is 9.80. The van der Waals surface area contributed by atoms with E-state index in [0.717, 1.165) is 33.9 Å². The number of carbonyl (C=O) groups is 1. The predicted molar refractivity (Wildman–Crippen MR) is 133 cm³/mol. The molecule has 0 heterocycles. The van der Waals surface area contributed by atoms with Gasteiger partial charge in [-0.3, -0.25) is 4.79 Å². The van der Waals surface area contributed by atoms with Crippen LogP contribution in [-0.2, 0) is 19.9 Å². The van der Waals surface area contributed by atoms with Gasteiger partial charge < -0.3 is 23.7 Å². The summed E-state index contributed by atoms with van der Waals surface area (Å²) in [6, 6.07) is 23.7. The molecule has 3 unspecified atom stereocenters. The van der Waals surface area contributed by atoms with Gasteiger partial charge in [0.05, 0.1) is 41.0 Å². The molecule has 35 heavy (non-hydrogen) atoms. The van der Waals surface area contributed by atoms with E-state index in [9.17, 15) is 4.79 Å². The van der Waals surface area contributed by atoms with Crippen LogP contribution in [0.4, 0.5) is 0 Å². The molecule has 1 fully saturated rings. The molecule has 3 aromatic rings. The minimum atomic E-state index is -0.937. The summed E-state index contributed by atoms with van der Waals surface area (Å²) in [4.78, 5) is 12.2. The van der Waals surface area contributed by atoms with Crippen molar-refractivity contribution in [3.63, 3.8) is 0 Å². The quantitative estimate of drug-likeness (QED) is 0.301. The van der Waals surface area contributed by atoms with Crippen LogP contribution < -0.4 is 14.2 Å². The third-order valence-corrected chi connectivity index (χ3v) is 7.02. The summed E-state index contributed by atoms with van der Waals surface area (Å²) in [7, 11) is 6.37. The smallest absolute Gasteiger partial charge is 0.309 e. The molecule has 0 aliphatic heterocycles. The maximum Gasteiger partial charge on any atom is 0.309 e. The largest absolute Gasteiger partial charge is 0.497 e. The summed E-state index contributed by atoms with van der Waals surface area (Å²) in [5.74, 6) is 2.21. The number of rotatable bonds is 10. The van der Waals surface area contributed by atoms with E-state index in [1.165, 1.54) is 7.11 Å². The molecule has 0 N–H and O–H groups in total. The molecule has 0 spiro atoms. The second-order valence-electron chi connectivity index (χ2n) is 8.75. The van der Waals surface area contributed by atoms with Gasteiger partial charge >= 0.3 is 5.97 Å². The van der Waals surface area contributed by atoms with Gasteiger partial charge in [-0.1, -0.05) is 43.3 Å². The fraction of sp³-hybridized carbons (Fsp3) is 0.345. The summed E-state index contributed by atoms with van der Waals surface area (Å²) < 4.78 is 28.1. The second-order valence-corrected chi connectivity index (χ2v) is 8.75. The summed E-state index contributed by atoms with van der Waals surface area (Å²) in [6.45, 7) is 2.45. The lowest BCUT2D eigenvalue weighted by molar-refractivity contribution is -0.143. The van der Waals surface area contributed by atoms with E-state index >= 15 is 0 Å². The first-order chi connectivity index (χ1) is 17.0. The molecule has 3 atom stereocenters. The Balaban J connectivity index is 1.83. The Kier molecular flexibility index (Phi) is 7.31. The van der Waals surface area contributed by atoms with E-state index in [4.69, 9.17) is 23.7 Å². The Morgan fingerprint density at radius 1 is 0.686 bits per heavy atom. The van der Waals surface area contributed by atoms with Crippen molar-refractivity contribution in [2.45, 2.75) is 12.5 Å². The van der Waals surface area contributed by atoms with Gasteiger partial charge in [-0.15, -0.1) is 0 Å². The normalized spacial score (nSPS) is 19.1. The third-order valence-electron chi connectivity index (χ3n) is 7.02. The maximum absolute atomic E-state index is 12.2. The third kappa shape index (κ3) is 4.71. The molecule has 0 radical (unpaired) electrons. The Hall–Kier alpha value is -3.51. The lowest BCUT2D eigenvalue weighted by Crippen LogP contribution is -2.34. The molecular weight excluding hydrogens is 444 g/mol. The molecular formula is C29H32O6. The van der Waals surface area contributed by atoms with Crippen LogP contribution in [0.3, 0.4) is 0 Å². The number of hydrogen-bond acceptors (Lipinski definition) is 6. The molecule has 6 nitrogen and oxygen atoms in total. The van der Waals surface area contributed by atoms with Gasteiger partial charge in [-0.25, -0.2) is 0 Å². The average Bonchev–Trinajstić information content (AvgIpc) is 3.58. The Labute approximate surface area is 206 Å².